The summed E-state index contributed by atoms with van der Waals surface area (Å²) in [6.45, 7) is 7.65. The lowest BCUT2D eigenvalue weighted by atomic mass is 9.98. The Hall–Kier alpha value is -2.05. The molecular formula is C21H26Cl2N4O2. The van der Waals surface area contributed by atoms with E-state index in [0.717, 1.165) is 30.5 Å². The molecule has 29 heavy (non-hydrogen) atoms. The summed E-state index contributed by atoms with van der Waals surface area (Å²) in [4.78, 5) is 22.6. The summed E-state index contributed by atoms with van der Waals surface area (Å²) in [5.74, 6) is 0.914. The van der Waals surface area contributed by atoms with E-state index in [4.69, 9.17) is 27.9 Å². The van der Waals surface area contributed by atoms with Crippen molar-refractivity contribution in [3.05, 3.63) is 40.8 Å². The van der Waals surface area contributed by atoms with Crippen LogP contribution in [0.25, 0.3) is 11.1 Å². The zero-order valence-corrected chi connectivity index (χ0v) is 18.4. The van der Waals surface area contributed by atoms with Crippen LogP contribution in [0.5, 0.6) is 0 Å². The van der Waals surface area contributed by atoms with Crippen LogP contribution in [-0.2, 0) is 4.74 Å². The van der Waals surface area contributed by atoms with Crippen LogP contribution in [0.15, 0.2) is 30.5 Å². The third-order valence-corrected chi connectivity index (χ3v) is 5.16. The molecule has 2 heterocycles. The number of benzene rings is 1. The van der Waals surface area contributed by atoms with Gasteiger partial charge in [-0.1, -0.05) is 29.8 Å². The number of halogens is 2. The maximum Gasteiger partial charge on any atom is 0.410 e. The zero-order chi connectivity index (χ0) is 21.0. The number of aromatic nitrogens is 2. The van der Waals surface area contributed by atoms with Crippen LogP contribution in [0.2, 0.25) is 10.3 Å². The molecule has 0 bridgehead atoms. The first-order chi connectivity index (χ1) is 13.7. The Kier molecular flexibility index (Phi) is 6.85. The van der Waals surface area contributed by atoms with Gasteiger partial charge in [-0.25, -0.2) is 14.8 Å². The highest BCUT2D eigenvalue weighted by Crippen LogP contribution is 2.32. The van der Waals surface area contributed by atoms with Gasteiger partial charge in [-0.15, -0.1) is 0 Å². The normalized spacial score (nSPS) is 17.1. The smallest absolute Gasteiger partial charge is 0.410 e. The van der Waals surface area contributed by atoms with Crippen molar-refractivity contribution in [2.45, 2.75) is 39.2 Å². The van der Waals surface area contributed by atoms with Gasteiger partial charge in [0.25, 0.3) is 0 Å². The summed E-state index contributed by atoms with van der Waals surface area (Å²) in [6.07, 6.45) is 3.37. The molecule has 0 unspecified atom stereocenters. The number of amides is 1. The van der Waals surface area contributed by atoms with E-state index in [0.29, 0.717) is 23.9 Å². The molecule has 1 aliphatic rings. The van der Waals surface area contributed by atoms with Crippen LogP contribution < -0.4 is 5.32 Å². The molecule has 1 saturated heterocycles. The molecule has 8 heteroatoms. The number of likely N-dealkylation sites (tertiary alicyclic amines) is 1. The van der Waals surface area contributed by atoms with Crippen LogP contribution in [-0.4, -0.2) is 46.2 Å². The van der Waals surface area contributed by atoms with Crippen molar-refractivity contribution in [3.63, 3.8) is 0 Å². The minimum absolute atomic E-state index is 0.169. The molecule has 1 aromatic heterocycles. The third-order valence-electron chi connectivity index (χ3n) is 4.65. The molecule has 6 nitrogen and oxygen atoms in total. The fourth-order valence-electron chi connectivity index (χ4n) is 3.34. The largest absolute Gasteiger partial charge is 0.444 e. The second-order valence-corrected chi connectivity index (χ2v) is 8.94. The van der Waals surface area contributed by atoms with E-state index < -0.39 is 5.60 Å². The van der Waals surface area contributed by atoms with Crippen LogP contribution in [0.4, 0.5) is 10.6 Å². The average Bonchev–Trinajstić information content (AvgIpc) is 2.66. The molecule has 0 spiro atoms. The van der Waals surface area contributed by atoms with Gasteiger partial charge in [-0.2, -0.15) is 0 Å². The molecule has 0 radical (unpaired) electrons. The maximum atomic E-state index is 12.4. The van der Waals surface area contributed by atoms with Crippen LogP contribution in [0.1, 0.15) is 33.6 Å². The Bertz CT molecular complexity index is 870. The Balaban J connectivity index is 1.69. The highest BCUT2D eigenvalue weighted by atomic mass is 35.5. The fraction of sp³-hybridized carbons (Fsp3) is 0.476. The van der Waals surface area contributed by atoms with E-state index in [-0.39, 0.29) is 17.3 Å². The van der Waals surface area contributed by atoms with Crippen molar-refractivity contribution in [1.29, 1.82) is 0 Å². The first-order valence-corrected chi connectivity index (χ1v) is 10.5. The highest BCUT2D eigenvalue weighted by molar-refractivity contribution is 6.33. The van der Waals surface area contributed by atoms with Crippen LogP contribution >= 0.6 is 23.2 Å². The molecule has 2 aromatic rings. The molecule has 1 aromatic carbocycles. The molecule has 1 N–H and O–H groups in total. The van der Waals surface area contributed by atoms with Gasteiger partial charge in [0.1, 0.15) is 11.4 Å². The minimum Gasteiger partial charge on any atom is -0.444 e. The van der Waals surface area contributed by atoms with Crippen molar-refractivity contribution in [3.8, 4) is 11.1 Å². The summed E-state index contributed by atoms with van der Waals surface area (Å²) in [5.41, 5.74) is 1.14. The number of hydrogen-bond acceptors (Lipinski definition) is 5. The first-order valence-electron chi connectivity index (χ1n) is 9.72. The van der Waals surface area contributed by atoms with Crippen LogP contribution in [0, 0.1) is 5.92 Å². The number of nitrogens with one attached hydrogen (secondary N) is 1. The van der Waals surface area contributed by atoms with Crippen molar-refractivity contribution >= 4 is 35.1 Å². The standard InChI is InChI=1S/C21H26Cl2N4O2/c1-21(2,3)29-20(28)27-10-6-7-14(13-27)11-24-18-16(12-25-19(23)26-18)15-8-4-5-9-17(15)22/h4-5,8-9,12,14H,6-7,10-11,13H2,1-3H3,(H,24,25,26)/t14-/m0/s1. The topological polar surface area (TPSA) is 67.3 Å². The monoisotopic (exact) mass is 436 g/mol. The number of carbonyl (C=O) groups is 1. The predicted molar refractivity (Wildman–Crippen MR) is 117 cm³/mol. The Labute approximate surface area is 181 Å². The van der Waals surface area contributed by atoms with Gasteiger partial charge in [-0.3, -0.25) is 0 Å². The Morgan fingerprint density at radius 1 is 1.28 bits per heavy atom. The van der Waals surface area contributed by atoms with Gasteiger partial charge in [0.05, 0.1) is 0 Å². The molecule has 1 fully saturated rings. The van der Waals surface area contributed by atoms with Gasteiger partial charge in [-0.05, 0) is 57.2 Å². The van der Waals surface area contributed by atoms with Crippen LogP contribution in [0.3, 0.4) is 0 Å². The number of anilines is 1. The minimum atomic E-state index is -0.496. The number of carbonyl (C=O) groups excluding carboxylic acids is 1. The van der Waals surface area contributed by atoms with E-state index >= 15 is 0 Å². The molecule has 0 saturated carbocycles. The van der Waals surface area contributed by atoms with Gasteiger partial charge in [0, 0.05) is 42.0 Å². The Morgan fingerprint density at radius 2 is 2.03 bits per heavy atom. The summed E-state index contributed by atoms with van der Waals surface area (Å²) in [7, 11) is 0. The molecule has 156 valence electrons. The summed E-state index contributed by atoms with van der Waals surface area (Å²) < 4.78 is 5.51. The first kappa shape index (κ1) is 21.7. The van der Waals surface area contributed by atoms with E-state index in [2.05, 4.69) is 15.3 Å². The molecule has 3 rings (SSSR count). The van der Waals surface area contributed by atoms with E-state index in [1.807, 2.05) is 45.0 Å². The second-order valence-electron chi connectivity index (χ2n) is 8.20. The summed E-state index contributed by atoms with van der Waals surface area (Å²) >= 11 is 12.4. The van der Waals surface area contributed by atoms with Crippen molar-refractivity contribution in [2.24, 2.45) is 5.92 Å². The van der Waals surface area contributed by atoms with Crippen molar-refractivity contribution in [2.75, 3.05) is 25.0 Å². The van der Waals surface area contributed by atoms with Gasteiger partial charge in [0.2, 0.25) is 5.28 Å². The van der Waals surface area contributed by atoms with Crippen molar-refractivity contribution < 1.29 is 9.53 Å². The number of nitrogens with zero attached hydrogens (tertiary/aromatic N) is 3. The van der Waals surface area contributed by atoms with Gasteiger partial charge in [0.15, 0.2) is 0 Å². The van der Waals surface area contributed by atoms with E-state index in [1.54, 1.807) is 11.1 Å². The number of hydrogen-bond donors (Lipinski definition) is 1. The quantitative estimate of drug-likeness (QED) is 0.639. The average molecular weight is 437 g/mol. The molecule has 1 amide bonds. The Morgan fingerprint density at radius 3 is 2.76 bits per heavy atom. The summed E-state index contributed by atoms with van der Waals surface area (Å²) in [5, 5.41) is 4.17. The lowest BCUT2D eigenvalue weighted by molar-refractivity contribution is 0.0172. The second kappa shape index (κ2) is 9.18. The molecular weight excluding hydrogens is 411 g/mol. The predicted octanol–water partition coefficient (Wildman–Crippen LogP) is 5.51. The number of piperidine rings is 1. The lowest BCUT2D eigenvalue weighted by Gasteiger charge is -2.34. The van der Waals surface area contributed by atoms with E-state index in [1.165, 1.54) is 0 Å². The number of ether oxygens (including phenoxy) is 1. The third kappa shape index (κ3) is 5.97. The van der Waals surface area contributed by atoms with Gasteiger partial charge >= 0.3 is 6.09 Å². The SMILES string of the molecule is CC(C)(C)OC(=O)N1CCC[C@@H](CNc2nc(Cl)ncc2-c2ccccc2Cl)C1. The fourth-order valence-corrected chi connectivity index (χ4v) is 3.71. The maximum absolute atomic E-state index is 12.4. The molecule has 1 aliphatic heterocycles. The highest BCUT2D eigenvalue weighted by Gasteiger charge is 2.27. The van der Waals surface area contributed by atoms with Crippen molar-refractivity contribution in [1.82, 2.24) is 14.9 Å². The van der Waals surface area contributed by atoms with E-state index in [9.17, 15) is 4.79 Å². The summed E-state index contributed by atoms with van der Waals surface area (Å²) in [6, 6.07) is 7.54. The molecule has 0 aliphatic carbocycles. The van der Waals surface area contributed by atoms with Gasteiger partial charge < -0.3 is 15.0 Å². The molecule has 1 atom stereocenters. The zero-order valence-electron chi connectivity index (χ0n) is 16.9. The number of rotatable bonds is 4. The lowest BCUT2D eigenvalue weighted by Crippen LogP contribution is -2.44.